The molecule has 0 spiro atoms. The minimum atomic E-state index is 0.535. The van der Waals surface area contributed by atoms with E-state index in [0.29, 0.717) is 19.8 Å². The van der Waals surface area contributed by atoms with Crippen LogP contribution in [0.3, 0.4) is 0 Å². The smallest absolute Gasteiger partial charge is 0.191 e. The summed E-state index contributed by atoms with van der Waals surface area (Å²) in [4.78, 5) is 8.89. The highest BCUT2D eigenvalue weighted by Crippen LogP contribution is 2.20. The van der Waals surface area contributed by atoms with E-state index in [0.717, 1.165) is 42.4 Å². The number of guanidine groups is 1. The van der Waals surface area contributed by atoms with Crippen molar-refractivity contribution >= 4 is 17.3 Å². The van der Waals surface area contributed by atoms with Crippen molar-refractivity contribution in [2.45, 2.75) is 33.2 Å². The summed E-state index contributed by atoms with van der Waals surface area (Å²) >= 11 is 1.72. The van der Waals surface area contributed by atoms with Gasteiger partial charge in [-0.05, 0) is 25.0 Å². The Morgan fingerprint density at radius 1 is 1.26 bits per heavy atom. The lowest BCUT2D eigenvalue weighted by atomic mass is 10.1. The van der Waals surface area contributed by atoms with Crippen LogP contribution in [0.4, 0.5) is 0 Å². The van der Waals surface area contributed by atoms with E-state index in [4.69, 9.17) is 9.47 Å². The Bertz CT molecular complexity index is 731. The van der Waals surface area contributed by atoms with Crippen molar-refractivity contribution in [3.8, 4) is 5.75 Å². The number of nitrogens with one attached hydrogen (secondary N) is 2. The maximum atomic E-state index is 5.84. The standard InChI is InChI=1S/C20H30N4O2S/c1-5-19-24-17(14-27-19)8-9-22-20(21-3)23-13-16-7-6-15(2)12-18(16)26-11-10-25-4/h6-7,12,14H,5,8-11,13H2,1-4H3,(H2,21,22,23). The van der Waals surface area contributed by atoms with Crippen LogP contribution in [0.25, 0.3) is 0 Å². The number of benzene rings is 1. The second kappa shape index (κ2) is 11.6. The van der Waals surface area contributed by atoms with E-state index in [1.54, 1.807) is 25.5 Å². The largest absolute Gasteiger partial charge is 0.491 e. The number of aryl methyl sites for hydroxylation is 2. The Labute approximate surface area is 166 Å². The van der Waals surface area contributed by atoms with Gasteiger partial charge in [0.15, 0.2) is 5.96 Å². The van der Waals surface area contributed by atoms with Gasteiger partial charge in [-0.2, -0.15) is 0 Å². The average Bonchev–Trinajstić information content (AvgIpc) is 3.14. The van der Waals surface area contributed by atoms with Crippen LogP contribution < -0.4 is 15.4 Å². The van der Waals surface area contributed by atoms with Gasteiger partial charge in [-0.3, -0.25) is 4.99 Å². The fourth-order valence-corrected chi connectivity index (χ4v) is 3.29. The van der Waals surface area contributed by atoms with Crippen molar-refractivity contribution in [3.63, 3.8) is 0 Å². The molecule has 1 heterocycles. The van der Waals surface area contributed by atoms with Gasteiger partial charge in [0.2, 0.25) is 0 Å². The van der Waals surface area contributed by atoms with Crippen molar-refractivity contribution in [3.05, 3.63) is 45.4 Å². The SMILES string of the molecule is CCc1nc(CCNC(=NC)NCc2ccc(C)cc2OCCOC)cs1. The normalized spacial score (nSPS) is 11.5. The van der Waals surface area contributed by atoms with Gasteiger partial charge >= 0.3 is 0 Å². The first-order valence-electron chi connectivity index (χ1n) is 9.25. The average molecular weight is 391 g/mol. The van der Waals surface area contributed by atoms with Gasteiger partial charge in [0.25, 0.3) is 0 Å². The van der Waals surface area contributed by atoms with Gasteiger partial charge in [0.05, 0.1) is 17.3 Å². The van der Waals surface area contributed by atoms with Gasteiger partial charge in [-0.1, -0.05) is 19.1 Å². The Hall–Kier alpha value is -2.12. The molecule has 148 valence electrons. The maximum Gasteiger partial charge on any atom is 0.191 e. The van der Waals surface area contributed by atoms with Crippen LogP contribution in [-0.2, 0) is 24.1 Å². The minimum absolute atomic E-state index is 0.535. The molecule has 0 saturated heterocycles. The van der Waals surface area contributed by atoms with E-state index in [2.05, 4.69) is 58.0 Å². The fraction of sp³-hybridized carbons (Fsp3) is 0.500. The molecule has 6 nitrogen and oxygen atoms in total. The lowest BCUT2D eigenvalue weighted by Gasteiger charge is -2.15. The Balaban J connectivity index is 1.84. The highest BCUT2D eigenvalue weighted by molar-refractivity contribution is 7.09. The lowest BCUT2D eigenvalue weighted by Crippen LogP contribution is -2.38. The Morgan fingerprint density at radius 3 is 2.81 bits per heavy atom. The molecule has 0 atom stereocenters. The third kappa shape index (κ3) is 7.19. The molecule has 0 fully saturated rings. The summed E-state index contributed by atoms with van der Waals surface area (Å²) in [5.74, 6) is 1.65. The zero-order valence-electron chi connectivity index (χ0n) is 16.7. The summed E-state index contributed by atoms with van der Waals surface area (Å²) in [5, 5.41) is 10.0. The molecule has 27 heavy (non-hydrogen) atoms. The number of aliphatic imine (C=N–C) groups is 1. The van der Waals surface area contributed by atoms with Crippen molar-refractivity contribution < 1.29 is 9.47 Å². The van der Waals surface area contributed by atoms with E-state index in [1.165, 1.54) is 10.6 Å². The highest BCUT2D eigenvalue weighted by atomic mass is 32.1. The van der Waals surface area contributed by atoms with E-state index in [-0.39, 0.29) is 0 Å². The van der Waals surface area contributed by atoms with E-state index in [1.807, 2.05) is 0 Å². The summed E-state index contributed by atoms with van der Waals surface area (Å²) in [6.07, 6.45) is 1.87. The number of aromatic nitrogens is 1. The fourth-order valence-electron chi connectivity index (χ4n) is 2.51. The molecule has 1 aromatic carbocycles. The number of hydrogen-bond acceptors (Lipinski definition) is 5. The maximum absolute atomic E-state index is 5.84. The van der Waals surface area contributed by atoms with Crippen LogP contribution in [0.5, 0.6) is 5.75 Å². The first kappa shape index (κ1) is 21.2. The van der Waals surface area contributed by atoms with Crippen molar-refractivity contribution in [1.29, 1.82) is 0 Å². The van der Waals surface area contributed by atoms with Gasteiger partial charge in [-0.15, -0.1) is 11.3 Å². The second-order valence-corrected chi connectivity index (χ2v) is 7.08. The number of methoxy groups -OCH3 is 1. The number of ether oxygens (including phenoxy) is 2. The topological polar surface area (TPSA) is 67.8 Å². The molecule has 1 aromatic heterocycles. The molecule has 0 bridgehead atoms. The third-order valence-corrected chi connectivity index (χ3v) is 5.05. The van der Waals surface area contributed by atoms with Crippen molar-refractivity contribution in [2.24, 2.45) is 4.99 Å². The van der Waals surface area contributed by atoms with Gasteiger partial charge in [-0.25, -0.2) is 4.98 Å². The van der Waals surface area contributed by atoms with E-state index >= 15 is 0 Å². The summed E-state index contributed by atoms with van der Waals surface area (Å²) in [5.41, 5.74) is 3.39. The summed E-state index contributed by atoms with van der Waals surface area (Å²) < 4.78 is 10.9. The van der Waals surface area contributed by atoms with Crippen LogP contribution in [0.1, 0.15) is 28.8 Å². The molecule has 2 N–H and O–H groups in total. The molecule has 0 aliphatic carbocycles. The van der Waals surface area contributed by atoms with Crippen LogP contribution in [0, 0.1) is 6.92 Å². The predicted octanol–water partition coefficient (Wildman–Crippen LogP) is 2.95. The molecular weight excluding hydrogens is 360 g/mol. The molecule has 2 aromatic rings. The van der Waals surface area contributed by atoms with Crippen LogP contribution in [0.15, 0.2) is 28.6 Å². The van der Waals surface area contributed by atoms with E-state index in [9.17, 15) is 0 Å². The zero-order valence-corrected chi connectivity index (χ0v) is 17.5. The monoisotopic (exact) mass is 390 g/mol. The highest BCUT2D eigenvalue weighted by Gasteiger charge is 2.06. The molecule has 0 unspecified atom stereocenters. The van der Waals surface area contributed by atoms with Crippen LogP contribution in [-0.4, -0.2) is 44.9 Å². The molecular formula is C20H30N4O2S. The van der Waals surface area contributed by atoms with Gasteiger partial charge in [0, 0.05) is 44.6 Å². The van der Waals surface area contributed by atoms with Crippen LogP contribution in [0.2, 0.25) is 0 Å². The second-order valence-electron chi connectivity index (χ2n) is 6.14. The van der Waals surface area contributed by atoms with Crippen molar-refractivity contribution in [2.75, 3.05) is 33.9 Å². The molecule has 0 amide bonds. The van der Waals surface area contributed by atoms with Crippen molar-refractivity contribution in [1.82, 2.24) is 15.6 Å². The van der Waals surface area contributed by atoms with Gasteiger partial charge < -0.3 is 20.1 Å². The Morgan fingerprint density at radius 2 is 2.11 bits per heavy atom. The molecule has 2 rings (SSSR count). The van der Waals surface area contributed by atoms with Gasteiger partial charge in [0.1, 0.15) is 12.4 Å². The molecule has 0 saturated carbocycles. The lowest BCUT2D eigenvalue weighted by molar-refractivity contribution is 0.145. The number of thiazole rings is 1. The number of hydrogen-bond donors (Lipinski definition) is 2. The first-order valence-corrected chi connectivity index (χ1v) is 10.1. The molecule has 0 radical (unpaired) electrons. The van der Waals surface area contributed by atoms with E-state index < -0.39 is 0 Å². The summed E-state index contributed by atoms with van der Waals surface area (Å²) in [7, 11) is 3.45. The number of rotatable bonds is 10. The number of nitrogens with zero attached hydrogens (tertiary/aromatic N) is 2. The predicted molar refractivity (Wildman–Crippen MR) is 112 cm³/mol. The minimum Gasteiger partial charge on any atom is -0.491 e. The Kier molecular flexibility index (Phi) is 9.07. The zero-order chi connectivity index (χ0) is 19.5. The molecule has 0 aliphatic rings. The summed E-state index contributed by atoms with van der Waals surface area (Å²) in [6.45, 7) is 6.72. The third-order valence-electron chi connectivity index (χ3n) is 4.01. The first-order chi connectivity index (χ1) is 13.2. The van der Waals surface area contributed by atoms with Crippen LogP contribution >= 0.6 is 11.3 Å². The summed E-state index contributed by atoms with van der Waals surface area (Å²) in [6, 6.07) is 6.22. The quantitative estimate of drug-likeness (QED) is 0.371. The molecule has 0 aliphatic heterocycles. The molecule has 7 heteroatoms.